The van der Waals surface area contributed by atoms with E-state index in [-0.39, 0.29) is 10.7 Å². The summed E-state index contributed by atoms with van der Waals surface area (Å²) in [5.74, 6) is -0.166. The Morgan fingerprint density at radius 1 is 1.20 bits per heavy atom. The third-order valence-electron chi connectivity index (χ3n) is 4.72. The van der Waals surface area contributed by atoms with Gasteiger partial charge < -0.3 is 5.11 Å². The minimum absolute atomic E-state index is 0.166. The van der Waals surface area contributed by atoms with Crippen molar-refractivity contribution in [2.24, 2.45) is 0 Å². The number of β-amino-alcohol motifs (C(OH)–C–C–N with tert-alkyl or cyclic N) is 1. The van der Waals surface area contributed by atoms with E-state index in [1.54, 1.807) is 25.1 Å². The van der Waals surface area contributed by atoms with Crippen molar-refractivity contribution >= 4 is 9.84 Å². The Hall–Kier alpha value is -1.76. The molecule has 3 rings (SSSR count). The summed E-state index contributed by atoms with van der Waals surface area (Å²) >= 11 is 0. The Labute approximate surface area is 147 Å². The SMILES string of the molecule is CC(O)(CN1CCc2c(F)cccc2C1)c1ccc(S(C)(=O)=O)cc1. The maximum absolute atomic E-state index is 13.8. The van der Waals surface area contributed by atoms with Gasteiger partial charge >= 0.3 is 0 Å². The van der Waals surface area contributed by atoms with E-state index in [1.165, 1.54) is 18.2 Å². The number of hydrogen-bond donors (Lipinski definition) is 1. The van der Waals surface area contributed by atoms with Crippen LogP contribution in [0.2, 0.25) is 0 Å². The summed E-state index contributed by atoms with van der Waals surface area (Å²) in [6, 6.07) is 11.4. The van der Waals surface area contributed by atoms with Crippen LogP contribution in [0.1, 0.15) is 23.6 Å². The number of nitrogens with zero attached hydrogens (tertiary/aromatic N) is 1. The molecule has 1 aliphatic heterocycles. The lowest BCUT2D eigenvalue weighted by Crippen LogP contribution is -2.41. The molecule has 0 radical (unpaired) electrons. The van der Waals surface area contributed by atoms with Gasteiger partial charge in [-0.2, -0.15) is 0 Å². The molecule has 0 saturated carbocycles. The van der Waals surface area contributed by atoms with Gasteiger partial charge in [0.1, 0.15) is 5.82 Å². The van der Waals surface area contributed by atoms with Gasteiger partial charge in [-0.3, -0.25) is 4.90 Å². The largest absolute Gasteiger partial charge is 0.384 e. The molecule has 1 unspecified atom stereocenters. The summed E-state index contributed by atoms with van der Waals surface area (Å²) < 4.78 is 36.9. The summed E-state index contributed by atoms with van der Waals surface area (Å²) in [6.07, 6.45) is 1.77. The molecule has 0 fully saturated rings. The van der Waals surface area contributed by atoms with Crippen LogP contribution in [0, 0.1) is 5.82 Å². The second kappa shape index (κ2) is 6.52. The molecule has 1 N–H and O–H groups in total. The Balaban J connectivity index is 1.76. The highest BCUT2D eigenvalue weighted by molar-refractivity contribution is 7.90. The number of hydrogen-bond acceptors (Lipinski definition) is 4. The minimum Gasteiger partial charge on any atom is -0.384 e. The van der Waals surface area contributed by atoms with Crippen LogP contribution in [0.15, 0.2) is 47.4 Å². The zero-order valence-corrected chi connectivity index (χ0v) is 15.2. The van der Waals surface area contributed by atoms with E-state index in [2.05, 4.69) is 4.90 Å². The summed E-state index contributed by atoms with van der Waals surface area (Å²) in [5, 5.41) is 10.9. The van der Waals surface area contributed by atoms with E-state index >= 15 is 0 Å². The van der Waals surface area contributed by atoms with Crippen molar-refractivity contribution in [1.29, 1.82) is 0 Å². The Bertz CT molecular complexity index is 876. The molecule has 1 heterocycles. The predicted molar refractivity (Wildman–Crippen MR) is 94.5 cm³/mol. The van der Waals surface area contributed by atoms with Gasteiger partial charge in [-0.05, 0) is 48.2 Å². The van der Waals surface area contributed by atoms with E-state index in [0.717, 1.165) is 17.4 Å². The lowest BCUT2D eigenvalue weighted by atomic mass is 9.93. The Kier molecular flexibility index (Phi) is 4.70. The van der Waals surface area contributed by atoms with Crippen molar-refractivity contribution in [2.75, 3.05) is 19.3 Å². The number of aliphatic hydroxyl groups is 1. The normalized spacial score (nSPS) is 17.8. The molecule has 0 aliphatic carbocycles. The van der Waals surface area contributed by atoms with Crippen molar-refractivity contribution in [3.05, 3.63) is 65.0 Å². The average molecular weight is 363 g/mol. The van der Waals surface area contributed by atoms with Gasteiger partial charge in [0.15, 0.2) is 9.84 Å². The Morgan fingerprint density at radius 3 is 2.52 bits per heavy atom. The van der Waals surface area contributed by atoms with Crippen LogP contribution in [0.25, 0.3) is 0 Å². The van der Waals surface area contributed by atoms with Crippen molar-refractivity contribution in [3.8, 4) is 0 Å². The summed E-state index contributed by atoms with van der Waals surface area (Å²) in [7, 11) is -3.26. The third kappa shape index (κ3) is 3.92. The maximum Gasteiger partial charge on any atom is 0.175 e. The zero-order valence-electron chi connectivity index (χ0n) is 14.4. The highest BCUT2D eigenvalue weighted by Crippen LogP contribution is 2.27. The first-order chi connectivity index (χ1) is 11.7. The van der Waals surface area contributed by atoms with Crippen LogP contribution in [-0.4, -0.2) is 37.8 Å². The molecule has 6 heteroatoms. The van der Waals surface area contributed by atoms with E-state index in [9.17, 15) is 17.9 Å². The monoisotopic (exact) mass is 363 g/mol. The lowest BCUT2D eigenvalue weighted by Gasteiger charge is -2.35. The Morgan fingerprint density at radius 2 is 1.88 bits per heavy atom. The van der Waals surface area contributed by atoms with E-state index in [1.807, 2.05) is 6.07 Å². The smallest absolute Gasteiger partial charge is 0.175 e. The van der Waals surface area contributed by atoms with Crippen molar-refractivity contribution in [1.82, 2.24) is 4.90 Å². The number of benzene rings is 2. The van der Waals surface area contributed by atoms with Crippen LogP contribution < -0.4 is 0 Å². The molecule has 0 aromatic heterocycles. The number of halogens is 1. The van der Waals surface area contributed by atoms with Crippen molar-refractivity contribution in [3.63, 3.8) is 0 Å². The topological polar surface area (TPSA) is 57.6 Å². The number of rotatable bonds is 4. The second-order valence-corrected chi connectivity index (χ2v) is 8.92. The van der Waals surface area contributed by atoms with Crippen LogP contribution in [0.5, 0.6) is 0 Å². The first kappa shape index (κ1) is 18.0. The molecule has 0 amide bonds. The molecule has 1 aliphatic rings. The fourth-order valence-corrected chi connectivity index (χ4v) is 3.97. The van der Waals surface area contributed by atoms with Gasteiger partial charge in [-0.25, -0.2) is 12.8 Å². The van der Waals surface area contributed by atoms with E-state index in [4.69, 9.17) is 0 Å². The molecule has 0 spiro atoms. The van der Waals surface area contributed by atoms with Gasteiger partial charge in [-0.1, -0.05) is 24.3 Å². The predicted octanol–water partition coefficient (Wildman–Crippen LogP) is 2.50. The molecular weight excluding hydrogens is 341 g/mol. The molecule has 2 aromatic carbocycles. The summed E-state index contributed by atoms with van der Waals surface area (Å²) in [5.41, 5.74) is 1.25. The summed E-state index contributed by atoms with van der Waals surface area (Å²) in [6.45, 7) is 3.36. The second-order valence-electron chi connectivity index (χ2n) is 6.91. The van der Waals surface area contributed by atoms with Gasteiger partial charge in [0.05, 0.1) is 10.5 Å². The quantitative estimate of drug-likeness (QED) is 0.907. The fourth-order valence-electron chi connectivity index (χ4n) is 3.34. The zero-order chi connectivity index (χ0) is 18.2. The van der Waals surface area contributed by atoms with Crippen LogP contribution in [0.3, 0.4) is 0 Å². The molecule has 25 heavy (non-hydrogen) atoms. The first-order valence-corrected chi connectivity index (χ1v) is 10.1. The van der Waals surface area contributed by atoms with Gasteiger partial charge in [-0.15, -0.1) is 0 Å². The molecule has 2 aromatic rings. The molecule has 0 bridgehead atoms. The highest BCUT2D eigenvalue weighted by Gasteiger charge is 2.29. The van der Waals surface area contributed by atoms with Gasteiger partial charge in [0.25, 0.3) is 0 Å². The molecule has 4 nitrogen and oxygen atoms in total. The number of sulfone groups is 1. The number of fused-ring (bicyclic) bond motifs is 1. The molecular formula is C19H22FNO3S. The molecule has 1 atom stereocenters. The first-order valence-electron chi connectivity index (χ1n) is 8.18. The van der Waals surface area contributed by atoms with Crippen molar-refractivity contribution in [2.45, 2.75) is 30.4 Å². The van der Waals surface area contributed by atoms with Crippen LogP contribution in [0.4, 0.5) is 4.39 Å². The van der Waals surface area contributed by atoms with Gasteiger partial charge in [0.2, 0.25) is 0 Å². The maximum atomic E-state index is 13.8. The van der Waals surface area contributed by atoms with Crippen LogP contribution >= 0.6 is 0 Å². The van der Waals surface area contributed by atoms with Crippen LogP contribution in [-0.2, 0) is 28.4 Å². The summed E-state index contributed by atoms with van der Waals surface area (Å²) in [4.78, 5) is 2.32. The van der Waals surface area contributed by atoms with E-state index < -0.39 is 15.4 Å². The minimum atomic E-state index is -3.26. The third-order valence-corrected chi connectivity index (χ3v) is 5.85. The lowest BCUT2D eigenvalue weighted by molar-refractivity contribution is 0.0115. The highest BCUT2D eigenvalue weighted by atomic mass is 32.2. The standard InChI is InChI=1S/C19H22FNO3S/c1-19(22,15-6-8-16(9-7-15)25(2,23)24)13-21-11-10-17-14(12-21)4-3-5-18(17)20/h3-9,22H,10-13H2,1-2H3. The molecule has 134 valence electrons. The van der Waals surface area contributed by atoms with E-state index in [0.29, 0.717) is 31.6 Å². The molecule has 0 saturated heterocycles. The average Bonchev–Trinajstić information content (AvgIpc) is 2.54. The fraction of sp³-hybridized carbons (Fsp3) is 0.368. The van der Waals surface area contributed by atoms with Gasteiger partial charge in [0, 0.05) is 25.9 Å². The van der Waals surface area contributed by atoms with Crippen molar-refractivity contribution < 1.29 is 17.9 Å².